The van der Waals surface area contributed by atoms with E-state index in [4.69, 9.17) is 0 Å². The first kappa shape index (κ1) is 17.2. The Kier molecular flexibility index (Phi) is 6.44. The van der Waals surface area contributed by atoms with Crippen LogP contribution in [0.5, 0.6) is 0 Å². The van der Waals surface area contributed by atoms with Crippen molar-refractivity contribution in [2.24, 2.45) is 0 Å². The van der Waals surface area contributed by atoms with Gasteiger partial charge in [-0.2, -0.15) is 0 Å². The minimum absolute atomic E-state index is 0.0477. The number of amides is 1. The van der Waals surface area contributed by atoms with Crippen molar-refractivity contribution in [3.63, 3.8) is 0 Å². The highest BCUT2D eigenvalue weighted by Crippen LogP contribution is 2.25. The van der Waals surface area contributed by atoms with Gasteiger partial charge in [-0.1, -0.05) is 55.7 Å². The Morgan fingerprint density at radius 3 is 2.38 bits per heavy atom. The fraction of sp³-hybridized carbons (Fsp3) is 0.450. The molecular formula is C20H26N2OS. The molecule has 3 rings (SSSR count). The molecule has 1 aromatic heterocycles. The van der Waals surface area contributed by atoms with Crippen molar-refractivity contribution in [1.82, 2.24) is 10.2 Å². The molecule has 2 heterocycles. The fourth-order valence-corrected chi connectivity index (χ4v) is 4.10. The second kappa shape index (κ2) is 9.00. The first-order valence-corrected chi connectivity index (χ1v) is 9.81. The molecule has 1 aliphatic rings. The van der Waals surface area contributed by atoms with Gasteiger partial charge in [0.1, 0.15) is 0 Å². The van der Waals surface area contributed by atoms with Gasteiger partial charge in [0, 0.05) is 4.88 Å². The molecule has 1 atom stereocenters. The summed E-state index contributed by atoms with van der Waals surface area (Å²) in [7, 11) is 0. The molecule has 0 bridgehead atoms. The Labute approximate surface area is 148 Å². The van der Waals surface area contributed by atoms with E-state index in [2.05, 4.69) is 33.8 Å². The molecule has 1 N–H and O–H groups in total. The van der Waals surface area contributed by atoms with Crippen LogP contribution >= 0.6 is 11.3 Å². The summed E-state index contributed by atoms with van der Waals surface area (Å²) in [4.78, 5) is 16.1. The number of hydrogen-bond donors (Lipinski definition) is 1. The van der Waals surface area contributed by atoms with Crippen molar-refractivity contribution >= 4 is 17.2 Å². The summed E-state index contributed by atoms with van der Waals surface area (Å²) in [5, 5.41) is 5.31. The van der Waals surface area contributed by atoms with Gasteiger partial charge in [0.05, 0.1) is 12.6 Å². The highest BCUT2D eigenvalue weighted by molar-refractivity contribution is 7.10. The lowest BCUT2D eigenvalue weighted by molar-refractivity contribution is -0.122. The molecule has 4 heteroatoms. The Bertz CT molecular complexity index is 604. The zero-order chi connectivity index (χ0) is 16.6. The quantitative estimate of drug-likeness (QED) is 0.882. The Morgan fingerprint density at radius 1 is 1.00 bits per heavy atom. The molecule has 1 aromatic carbocycles. The normalized spacial score (nSPS) is 17.7. The monoisotopic (exact) mass is 342 g/mol. The van der Waals surface area contributed by atoms with Crippen LogP contribution in [0.2, 0.25) is 0 Å². The standard InChI is InChI=1S/C20H26N2OS/c23-19(16-22-13-7-2-1-3-8-14-22)21-20(18-12-9-15-24-18)17-10-5-4-6-11-17/h4-6,9-12,15,20H,1-3,7-8,13-14,16H2,(H,21,23)/t20-/m1/s1. The maximum Gasteiger partial charge on any atom is 0.234 e. The second-order valence-corrected chi connectivity index (χ2v) is 7.45. The van der Waals surface area contributed by atoms with E-state index in [0.717, 1.165) is 18.7 Å². The van der Waals surface area contributed by atoms with Gasteiger partial charge in [-0.15, -0.1) is 11.3 Å². The number of carbonyl (C=O) groups is 1. The molecule has 0 saturated carbocycles. The van der Waals surface area contributed by atoms with Gasteiger partial charge in [-0.3, -0.25) is 9.69 Å². The molecule has 1 fully saturated rings. The molecule has 0 radical (unpaired) electrons. The third-order valence-corrected chi connectivity index (χ3v) is 5.52. The Hall–Kier alpha value is -1.65. The average molecular weight is 343 g/mol. The highest BCUT2D eigenvalue weighted by atomic mass is 32.1. The zero-order valence-electron chi connectivity index (χ0n) is 14.1. The molecule has 0 spiro atoms. The number of likely N-dealkylation sites (tertiary alicyclic amines) is 1. The summed E-state index contributed by atoms with van der Waals surface area (Å²) in [5.41, 5.74) is 1.14. The molecule has 0 aliphatic carbocycles. The lowest BCUT2D eigenvalue weighted by Crippen LogP contribution is -2.40. The number of thiophene rings is 1. The molecule has 1 saturated heterocycles. The topological polar surface area (TPSA) is 32.3 Å². The largest absolute Gasteiger partial charge is 0.343 e. The minimum atomic E-state index is -0.0477. The highest BCUT2D eigenvalue weighted by Gasteiger charge is 2.19. The van der Waals surface area contributed by atoms with Crippen LogP contribution in [-0.4, -0.2) is 30.4 Å². The van der Waals surface area contributed by atoms with E-state index in [1.54, 1.807) is 11.3 Å². The molecule has 0 unspecified atom stereocenters. The zero-order valence-corrected chi connectivity index (χ0v) is 14.9. The van der Waals surface area contributed by atoms with E-state index in [1.807, 2.05) is 24.3 Å². The van der Waals surface area contributed by atoms with E-state index in [9.17, 15) is 4.79 Å². The summed E-state index contributed by atoms with van der Waals surface area (Å²) >= 11 is 1.69. The number of nitrogens with one attached hydrogen (secondary N) is 1. The van der Waals surface area contributed by atoms with Crippen molar-refractivity contribution in [2.45, 2.75) is 38.1 Å². The van der Waals surface area contributed by atoms with Crippen LogP contribution in [0.3, 0.4) is 0 Å². The van der Waals surface area contributed by atoms with Crippen LogP contribution in [0.25, 0.3) is 0 Å². The van der Waals surface area contributed by atoms with Crippen molar-refractivity contribution in [1.29, 1.82) is 0 Å². The van der Waals surface area contributed by atoms with E-state index in [-0.39, 0.29) is 11.9 Å². The van der Waals surface area contributed by atoms with Crippen LogP contribution in [-0.2, 0) is 4.79 Å². The van der Waals surface area contributed by atoms with Gasteiger partial charge in [-0.05, 0) is 42.9 Å². The summed E-state index contributed by atoms with van der Waals surface area (Å²) in [5.74, 6) is 0.123. The Morgan fingerprint density at radius 2 is 1.71 bits per heavy atom. The Balaban J connectivity index is 1.65. The third kappa shape index (κ3) is 4.92. The van der Waals surface area contributed by atoms with Crippen LogP contribution in [0.15, 0.2) is 47.8 Å². The molecule has 1 aliphatic heterocycles. The van der Waals surface area contributed by atoms with Gasteiger partial charge in [0.2, 0.25) is 5.91 Å². The first-order valence-electron chi connectivity index (χ1n) is 8.93. The number of benzene rings is 1. The van der Waals surface area contributed by atoms with E-state index in [0.29, 0.717) is 6.54 Å². The second-order valence-electron chi connectivity index (χ2n) is 6.47. The molecule has 24 heavy (non-hydrogen) atoms. The number of hydrogen-bond acceptors (Lipinski definition) is 3. The van der Waals surface area contributed by atoms with E-state index in [1.165, 1.54) is 37.0 Å². The maximum absolute atomic E-state index is 12.6. The van der Waals surface area contributed by atoms with Crippen molar-refractivity contribution in [2.75, 3.05) is 19.6 Å². The van der Waals surface area contributed by atoms with Gasteiger partial charge in [0.15, 0.2) is 0 Å². The number of rotatable bonds is 5. The van der Waals surface area contributed by atoms with Crippen LogP contribution in [0, 0.1) is 0 Å². The summed E-state index contributed by atoms with van der Waals surface area (Å²) < 4.78 is 0. The molecular weight excluding hydrogens is 316 g/mol. The summed E-state index contributed by atoms with van der Waals surface area (Å²) in [6.07, 6.45) is 6.34. The molecule has 1 amide bonds. The van der Waals surface area contributed by atoms with Gasteiger partial charge in [-0.25, -0.2) is 0 Å². The van der Waals surface area contributed by atoms with E-state index >= 15 is 0 Å². The van der Waals surface area contributed by atoms with Crippen LogP contribution in [0.4, 0.5) is 0 Å². The number of nitrogens with zero attached hydrogens (tertiary/aromatic N) is 1. The summed E-state index contributed by atoms with van der Waals surface area (Å²) in [6.45, 7) is 2.60. The fourth-order valence-electron chi connectivity index (χ4n) is 3.30. The van der Waals surface area contributed by atoms with Crippen molar-refractivity contribution in [3.8, 4) is 0 Å². The average Bonchev–Trinajstić information content (AvgIpc) is 3.10. The molecule has 3 nitrogen and oxygen atoms in total. The van der Waals surface area contributed by atoms with Gasteiger partial charge in [0.25, 0.3) is 0 Å². The minimum Gasteiger partial charge on any atom is -0.343 e. The van der Waals surface area contributed by atoms with Crippen LogP contribution in [0.1, 0.15) is 48.6 Å². The molecule has 2 aromatic rings. The smallest absolute Gasteiger partial charge is 0.234 e. The first-order chi connectivity index (χ1) is 11.8. The maximum atomic E-state index is 12.6. The van der Waals surface area contributed by atoms with Gasteiger partial charge < -0.3 is 5.32 Å². The predicted octanol–water partition coefficient (Wildman–Crippen LogP) is 4.22. The van der Waals surface area contributed by atoms with E-state index < -0.39 is 0 Å². The molecule has 128 valence electrons. The summed E-state index contributed by atoms with van der Waals surface area (Å²) in [6, 6.07) is 14.3. The predicted molar refractivity (Wildman–Crippen MR) is 100 cm³/mol. The lowest BCUT2D eigenvalue weighted by atomic mass is 10.1. The van der Waals surface area contributed by atoms with Crippen LogP contribution < -0.4 is 5.32 Å². The third-order valence-electron chi connectivity index (χ3n) is 4.58. The lowest BCUT2D eigenvalue weighted by Gasteiger charge is -2.25. The SMILES string of the molecule is O=C(CN1CCCCCCC1)N[C@H](c1ccccc1)c1cccs1. The van der Waals surface area contributed by atoms with Crippen molar-refractivity contribution < 1.29 is 4.79 Å². The van der Waals surface area contributed by atoms with Gasteiger partial charge >= 0.3 is 0 Å². The van der Waals surface area contributed by atoms with Crippen molar-refractivity contribution in [3.05, 3.63) is 58.3 Å². The number of carbonyl (C=O) groups excluding carboxylic acids is 1.